The number of aryl methyl sites for hydroxylation is 1. The van der Waals surface area contributed by atoms with Gasteiger partial charge in [0, 0.05) is 11.7 Å². The van der Waals surface area contributed by atoms with Crippen LogP contribution >= 0.6 is 10.8 Å². The van der Waals surface area contributed by atoms with Crippen molar-refractivity contribution >= 4 is 22.5 Å². The fourth-order valence-electron chi connectivity index (χ4n) is 0.606. The summed E-state index contributed by atoms with van der Waals surface area (Å²) in [5.74, 6) is 0. The Morgan fingerprint density at radius 2 is 1.78 bits per heavy atom. The van der Waals surface area contributed by atoms with Gasteiger partial charge in [-0.05, 0) is 19.1 Å². The van der Waals surface area contributed by atoms with Crippen LogP contribution in [0.2, 0.25) is 0 Å². The zero-order valence-corrected chi connectivity index (χ0v) is 7.03. The monoisotopic (exact) mass is 157 g/mol. The number of benzene rings is 1. The SMILES string of the molecule is Cc1ccc(S[SH2+])cc1. The van der Waals surface area contributed by atoms with Crippen LogP contribution < -0.4 is 0 Å². The van der Waals surface area contributed by atoms with Gasteiger partial charge in [0.2, 0.25) is 0 Å². The zero-order valence-electron chi connectivity index (χ0n) is 5.22. The number of hydrogen-bond acceptors (Lipinski definition) is 1. The quantitative estimate of drug-likeness (QED) is 0.444. The Kier molecular flexibility index (Phi) is 2.49. The first-order chi connectivity index (χ1) is 4.33. The third-order valence-electron chi connectivity index (χ3n) is 1.14. The van der Waals surface area contributed by atoms with E-state index in [1.54, 1.807) is 10.8 Å². The van der Waals surface area contributed by atoms with E-state index >= 15 is 0 Å². The lowest BCUT2D eigenvalue weighted by Crippen LogP contribution is -1.69. The Bertz CT molecular complexity index is 179. The van der Waals surface area contributed by atoms with Gasteiger partial charge in [-0.1, -0.05) is 17.7 Å². The lowest BCUT2D eigenvalue weighted by Gasteiger charge is -1.89. The number of rotatable bonds is 1. The lowest BCUT2D eigenvalue weighted by molar-refractivity contribution is 1.38. The first kappa shape index (κ1) is 7.03. The fraction of sp³-hybridized carbons (Fsp3) is 0.143. The van der Waals surface area contributed by atoms with Crippen molar-refractivity contribution in [2.24, 2.45) is 0 Å². The van der Waals surface area contributed by atoms with E-state index in [1.165, 1.54) is 10.5 Å². The maximum atomic E-state index is 3.34. The topological polar surface area (TPSA) is 0 Å². The molecular weight excluding hydrogens is 148 g/mol. The molecule has 0 spiro atoms. The molecule has 1 aromatic carbocycles. The second-order valence-corrected chi connectivity index (χ2v) is 3.20. The minimum Gasteiger partial charge on any atom is -0.0580 e. The highest BCUT2D eigenvalue weighted by atomic mass is 33.1. The van der Waals surface area contributed by atoms with E-state index in [2.05, 4.69) is 42.9 Å². The normalized spacial score (nSPS) is 9.56. The smallest absolute Gasteiger partial charge is 0.0580 e. The largest absolute Gasteiger partial charge is 0.123 e. The van der Waals surface area contributed by atoms with E-state index in [4.69, 9.17) is 0 Å². The summed E-state index contributed by atoms with van der Waals surface area (Å²) in [6, 6.07) is 8.38. The molecule has 0 aromatic heterocycles. The van der Waals surface area contributed by atoms with Crippen LogP contribution in [0.5, 0.6) is 0 Å². The van der Waals surface area contributed by atoms with Crippen LogP contribution in [0.25, 0.3) is 0 Å². The maximum Gasteiger partial charge on any atom is 0.123 e. The van der Waals surface area contributed by atoms with Crippen molar-refractivity contribution in [2.75, 3.05) is 0 Å². The van der Waals surface area contributed by atoms with E-state index in [-0.39, 0.29) is 0 Å². The van der Waals surface area contributed by atoms with Gasteiger partial charge in [0.1, 0.15) is 10.8 Å². The molecule has 0 amide bonds. The van der Waals surface area contributed by atoms with Crippen molar-refractivity contribution in [2.45, 2.75) is 11.8 Å². The Morgan fingerprint density at radius 1 is 1.22 bits per heavy atom. The second kappa shape index (κ2) is 3.18. The molecule has 0 aliphatic heterocycles. The van der Waals surface area contributed by atoms with E-state index in [0.717, 1.165) is 0 Å². The minimum absolute atomic E-state index is 1.25. The summed E-state index contributed by atoms with van der Waals surface area (Å²) < 4.78 is 0. The molecule has 0 saturated carbocycles. The van der Waals surface area contributed by atoms with Crippen molar-refractivity contribution in [3.05, 3.63) is 29.8 Å². The van der Waals surface area contributed by atoms with Gasteiger partial charge in [0.05, 0.1) is 4.90 Å². The molecule has 0 radical (unpaired) electrons. The van der Waals surface area contributed by atoms with Gasteiger partial charge < -0.3 is 0 Å². The molecule has 1 rings (SSSR count). The summed E-state index contributed by atoms with van der Waals surface area (Å²) in [4.78, 5) is 1.25. The van der Waals surface area contributed by atoms with Crippen LogP contribution in [-0.4, -0.2) is 0 Å². The van der Waals surface area contributed by atoms with Crippen LogP contribution in [0.4, 0.5) is 0 Å². The zero-order chi connectivity index (χ0) is 6.69. The molecule has 0 atom stereocenters. The van der Waals surface area contributed by atoms with Crippen LogP contribution in [0.3, 0.4) is 0 Å². The first-order valence-electron chi connectivity index (χ1n) is 2.73. The highest BCUT2D eigenvalue weighted by Gasteiger charge is 1.90. The van der Waals surface area contributed by atoms with Crippen LogP contribution in [0, 0.1) is 6.92 Å². The Labute approximate surface area is 64.5 Å². The third-order valence-corrected chi connectivity index (χ3v) is 2.35. The lowest BCUT2D eigenvalue weighted by atomic mass is 10.2. The summed E-state index contributed by atoms with van der Waals surface area (Å²) in [5, 5.41) is 0. The first-order valence-corrected chi connectivity index (χ1v) is 4.77. The molecule has 0 bridgehead atoms. The van der Waals surface area contributed by atoms with E-state index < -0.39 is 0 Å². The van der Waals surface area contributed by atoms with Gasteiger partial charge >= 0.3 is 0 Å². The molecule has 0 aliphatic carbocycles. The minimum atomic E-state index is 1.25. The summed E-state index contributed by atoms with van der Waals surface area (Å²) in [5.41, 5.74) is 1.31. The molecule has 1 aromatic rings. The second-order valence-electron chi connectivity index (χ2n) is 1.92. The van der Waals surface area contributed by atoms with Crippen molar-refractivity contribution in [3.63, 3.8) is 0 Å². The van der Waals surface area contributed by atoms with E-state index in [0.29, 0.717) is 0 Å². The van der Waals surface area contributed by atoms with Gasteiger partial charge in [0.15, 0.2) is 0 Å². The van der Waals surface area contributed by atoms with E-state index in [1.807, 2.05) is 0 Å². The molecule has 0 N–H and O–H groups in total. The molecule has 2 heteroatoms. The maximum absolute atomic E-state index is 3.34. The third kappa shape index (κ3) is 1.95. The van der Waals surface area contributed by atoms with Crippen molar-refractivity contribution in [1.29, 1.82) is 0 Å². The van der Waals surface area contributed by atoms with Crippen molar-refractivity contribution < 1.29 is 0 Å². The predicted octanol–water partition coefficient (Wildman–Crippen LogP) is 2.01. The highest BCUT2D eigenvalue weighted by Crippen LogP contribution is 2.14. The van der Waals surface area contributed by atoms with Gasteiger partial charge in [0.25, 0.3) is 0 Å². The molecular formula is C7H9S2+. The van der Waals surface area contributed by atoms with Gasteiger partial charge in [-0.2, -0.15) is 0 Å². The van der Waals surface area contributed by atoms with Crippen molar-refractivity contribution in [3.8, 4) is 0 Å². The van der Waals surface area contributed by atoms with Crippen LogP contribution in [-0.2, 0) is 11.7 Å². The average Bonchev–Trinajstić information content (AvgIpc) is 1.90. The average molecular weight is 157 g/mol. The highest BCUT2D eigenvalue weighted by molar-refractivity contribution is 8.59. The Balaban J connectivity index is 2.88. The standard InChI is InChI=1S/C7H8S2/c1-6-2-4-7(9-8)5-3-6/h2-5,8H,1H3/p+1. The molecule has 0 saturated heterocycles. The Morgan fingerprint density at radius 3 is 2.22 bits per heavy atom. The van der Waals surface area contributed by atoms with E-state index in [9.17, 15) is 0 Å². The molecule has 9 heavy (non-hydrogen) atoms. The van der Waals surface area contributed by atoms with Gasteiger partial charge in [-0.25, -0.2) is 0 Å². The summed E-state index contributed by atoms with van der Waals surface area (Å²) in [6.07, 6.45) is 0. The van der Waals surface area contributed by atoms with Crippen LogP contribution in [0.1, 0.15) is 5.56 Å². The summed E-state index contributed by atoms with van der Waals surface area (Å²) in [7, 11) is 1.58. The Hall–Kier alpha value is -0.0800. The molecule has 0 nitrogen and oxygen atoms in total. The van der Waals surface area contributed by atoms with Crippen LogP contribution in [0.15, 0.2) is 29.2 Å². The summed E-state index contributed by atoms with van der Waals surface area (Å²) in [6.45, 7) is 2.09. The summed E-state index contributed by atoms with van der Waals surface area (Å²) >= 11 is 3.34. The molecule has 48 valence electrons. The molecule has 0 unspecified atom stereocenters. The number of hydrogen-bond donors (Lipinski definition) is 0. The molecule has 0 heterocycles. The fourth-order valence-corrected chi connectivity index (χ4v) is 1.29. The van der Waals surface area contributed by atoms with Gasteiger partial charge in [-0.3, -0.25) is 0 Å². The molecule has 0 aliphatic rings. The predicted molar refractivity (Wildman–Crippen MR) is 47.2 cm³/mol. The van der Waals surface area contributed by atoms with Gasteiger partial charge in [-0.15, -0.1) is 0 Å². The van der Waals surface area contributed by atoms with Crippen molar-refractivity contribution in [1.82, 2.24) is 0 Å². The molecule has 0 fully saturated rings.